The molecule has 1 saturated heterocycles. The van der Waals surface area contributed by atoms with E-state index in [0.29, 0.717) is 6.54 Å². The number of carbonyl (C=O) groups excluding carboxylic acids is 1. The fraction of sp³-hybridized carbons (Fsp3) is 0.692. The quantitative estimate of drug-likeness (QED) is 0.437. The number of hydrogen-bond donors (Lipinski definition) is 2. The summed E-state index contributed by atoms with van der Waals surface area (Å²) in [4.78, 5) is 17.9. The summed E-state index contributed by atoms with van der Waals surface area (Å²) in [6.45, 7) is 9.80. The lowest BCUT2D eigenvalue weighted by Crippen LogP contribution is -2.45. The van der Waals surface area contributed by atoms with Gasteiger partial charge in [-0.05, 0) is 6.42 Å². The number of nitrogens with one attached hydrogen (secondary N) is 2. The van der Waals surface area contributed by atoms with Crippen LogP contribution in [0.2, 0.25) is 0 Å². The predicted octanol–water partition coefficient (Wildman–Crippen LogP) is 0.594. The van der Waals surface area contributed by atoms with Crippen LogP contribution < -0.4 is 10.6 Å². The van der Waals surface area contributed by atoms with Crippen LogP contribution in [0.1, 0.15) is 20.3 Å². The fourth-order valence-electron chi connectivity index (χ4n) is 2.00. The molecule has 5 heteroatoms. The molecule has 0 aliphatic carbocycles. The van der Waals surface area contributed by atoms with Crippen LogP contribution >= 0.6 is 0 Å². The van der Waals surface area contributed by atoms with E-state index in [1.807, 2.05) is 18.7 Å². The SMILES string of the molecule is C=CCNC(=NC)NC1CCN(C(=O)C(C)C)C1. The Balaban J connectivity index is 2.42. The molecule has 0 radical (unpaired) electrons. The molecule has 18 heavy (non-hydrogen) atoms. The van der Waals surface area contributed by atoms with Crippen LogP contribution in [0.3, 0.4) is 0 Å². The highest BCUT2D eigenvalue weighted by Crippen LogP contribution is 2.12. The lowest BCUT2D eigenvalue weighted by Gasteiger charge is -2.20. The molecule has 0 aromatic carbocycles. The van der Waals surface area contributed by atoms with Crippen molar-refractivity contribution in [1.82, 2.24) is 15.5 Å². The highest BCUT2D eigenvalue weighted by atomic mass is 16.2. The summed E-state index contributed by atoms with van der Waals surface area (Å²) in [6.07, 6.45) is 2.75. The number of carbonyl (C=O) groups is 1. The van der Waals surface area contributed by atoms with Crippen molar-refractivity contribution in [2.45, 2.75) is 26.3 Å². The molecule has 1 unspecified atom stereocenters. The Hall–Kier alpha value is -1.52. The molecule has 0 aromatic rings. The molecule has 2 N–H and O–H groups in total. The van der Waals surface area contributed by atoms with Crippen LogP contribution in [0.15, 0.2) is 17.6 Å². The molecule has 0 spiro atoms. The summed E-state index contributed by atoms with van der Waals surface area (Å²) >= 11 is 0. The van der Waals surface area contributed by atoms with E-state index in [2.05, 4.69) is 22.2 Å². The Morgan fingerprint density at radius 1 is 1.61 bits per heavy atom. The number of nitrogens with zero attached hydrogens (tertiary/aromatic N) is 2. The van der Waals surface area contributed by atoms with Crippen molar-refractivity contribution < 1.29 is 4.79 Å². The third kappa shape index (κ3) is 4.05. The van der Waals surface area contributed by atoms with E-state index in [-0.39, 0.29) is 17.9 Å². The minimum Gasteiger partial charge on any atom is -0.353 e. The molecule has 0 saturated carbocycles. The van der Waals surface area contributed by atoms with Gasteiger partial charge in [0, 0.05) is 38.6 Å². The minimum absolute atomic E-state index is 0.0713. The van der Waals surface area contributed by atoms with Gasteiger partial charge in [-0.15, -0.1) is 6.58 Å². The van der Waals surface area contributed by atoms with Gasteiger partial charge in [0.1, 0.15) is 0 Å². The first-order chi connectivity index (χ1) is 8.58. The summed E-state index contributed by atoms with van der Waals surface area (Å²) in [5.74, 6) is 1.06. The highest BCUT2D eigenvalue weighted by Gasteiger charge is 2.27. The maximum Gasteiger partial charge on any atom is 0.225 e. The van der Waals surface area contributed by atoms with Gasteiger partial charge in [-0.25, -0.2) is 0 Å². The molecule has 0 aromatic heterocycles. The molecular formula is C13H24N4O. The smallest absolute Gasteiger partial charge is 0.225 e. The second kappa shape index (κ2) is 7.03. The molecule has 1 fully saturated rings. The van der Waals surface area contributed by atoms with Crippen molar-refractivity contribution in [3.8, 4) is 0 Å². The van der Waals surface area contributed by atoms with Gasteiger partial charge < -0.3 is 15.5 Å². The lowest BCUT2D eigenvalue weighted by molar-refractivity contribution is -0.133. The van der Waals surface area contributed by atoms with Gasteiger partial charge in [0.25, 0.3) is 0 Å². The Morgan fingerprint density at radius 2 is 2.33 bits per heavy atom. The molecule has 5 nitrogen and oxygen atoms in total. The number of rotatable bonds is 4. The van der Waals surface area contributed by atoms with Gasteiger partial charge in [-0.1, -0.05) is 19.9 Å². The largest absolute Gasteiger partial charge is 0.353 e. The van der Waals surface area contributed by atoms with Crippen LogP contribution in [0.25, 0.3) is 0 Å². The van der Waals surface area contributed by atoms with Crippen molar-refractivity contribution in [1.29, 1.82) is 0 Å². The van der Waals surface area contributed by atoms with E-state index in [0.717, 1.165) is 25.5 Å². The van der Waals surface area contributed by atoms with Crippen molar-refractivity contribution >= 4 is 11.9 Å². The zero-order chi connectivity index (χ0) is 13.5. The number of likely N-dealkylation sites (tertiary alicyclic amines) is 1. The van der Waals surface area contributed by atoms with Crippen LogP contribution in [0, 0.1) is 5.92 Å². The summed E-state index contributed by atoms with van der Waals surface area (Å²) in [5, 5.41) is 6.45. The minimum atomic E-state index is 0.0713. The van der Waals surface area contributed by atoms with E-state index in [1.165, 1.54) is 0 Å². The first-order valence-corrected chi connectivity index (χ1v) is 6.45. The van der Waals surface area contributed by atoms with E-state index in [1.54, 1.807) is 13.1 Å². The van der Waals surface area contributed by atoms with Crippen LogP contribution in [0.4, 0.5) is 0 Å². The predicted molar refractivity (Wildman–Crippen MR) is 74.5 cm³/mol. The highest BCUT2D eigenvalue weighted by molar-refractivity contribution is 5.81. The van der Waals surface area contributed by atoms with Crippen molar-refractivity contribution in [3.05, 3.63) is 12.7 Å². The number of guanidine groups is 1. The maximum atomic E-state index is 11.9. The summed E-state index contributed by atoms with van der Waals surface area (Å²) in [6, 6.07) is 0.281. The van der Waals surface area contributed by atoms with Crippen molar-refractivity contribution in [2.24, 2.45) is 10.9 Å². The van der Waals surface area contributed by atoms with E-state index >= 15 is 0 Å². The molecule has 1 aliphatic rings. The normalized spacial score (nSPS) is 20.1. The van der Waals surface area contributed by atoms with Gasteiger partial charge in [0.05, 0.1) is 0 Å². The van der Waals surface area contributed by atoms with E-state index in [9.17, 15) is 4.79 Å². The Kier molecular flexibility index (Phi) is 5.68. The van der Waals surface area contributed by atoms with Crippen molar-refractivity contribution in [2.75, 3.05) is 26.7 Å². The fourth-order valence-corrected chi connectivity index (χ4v) is 2.00. The van der Waals surface area contributed by atoms with Crippen LogP contribution in [-0.4, -0.2) is 49.5 Å². The summed E-state index contributed by atoms with van der Waals surface area (Å²) in [7, 11) is 1.74. The topological polar surface area (TPSA) is 56.7 Å². The van der Waals surface area contributed by atoms with Gasteiger partial charge in [0.2, 0.25) is 5.91 Å². The van der Waals surface area contributed by atoms with Gasteiger partial charge in [-0.3, -0.25) is 9.79 Å². The number of hydrogen-bond acceptors (Lipinski definition) is 2. The van der Waals surface area contributed by atoms with Gasteiger partial charge >= 0.3 is 0 Å². The monoisotopic (exact) mass is 252 g/mol. The molecule has 1 aliphatic heterocycles. The molecule has 1 amide bonds. The zero-order valence-corrected chi connectivity index (χ0v) is 11.6. The third-order valence-corrected chi connectivity index (χ3v) is 2.97. The molecule has 1 rings (SSSR count). The standard InChI is InChI=1S/C13H24N4O/c1-5-7-15-13(14-4)16-11-6-8-17(9-11)12(18)10(2)3/h5,10-11H,1,6-9H2,2-4H3,(H2,14,15,16). The molecule has 1 atom stereocenters. The Labute approximate surface area is 109 Å². The third-order valence-electron chi connectivity index (χ3n) is 2.97. The lowest BCUT2D eigenvalue weighted by atomic mass is 10.2. The van der Waals surface area contributed by atoms with E-state index < -0.39 is 0 Å². The molecule has 0 bridgehead atoms. The van der Waals surface area contributed by atoms with E-state index in [4.69, 9.17) is 0 Å². The summed E-state index contributed by atoms with van der Waals surface area (Å²) < 4.78 is 0. The first kappa shape index (κ1) is 14.5. The first-order valence-electron chi connectivity index (χ1n) is 6.45. The average Bonchev–Trinajstić information content (AvgIpc) is 2.81. The molecule has 102 valence electrons. The zero-order valence-electron chi connectivity index (χ0n) is 11.6. The molecule has 1 heterocycles. The van der Waals surface area contributed by atoms with Crippen LogP contribution in [-0.2, 0) is 4.79 Å². The summed E-state index contributed by atoms with van der Waals surface area (Å²) in [5.41, 5.74) is 0. The van der Waals surface area contributed by atoms with Crippen molar-refractivity contribution in [3.63, 3.8) is 0 Å². The number of aliphatic imine (C=N–C) groups is 1. The molecular weight excluding hydrogens is 228 g/mol. The Bertz CT molecular complexity index is 325. The van der Waals surface area contributed by atoms with Crippen LogP contribution in [0.5, 0.6) is 0 Å². The number of amides is 1. The second-order valence-electron chi connectivity index (χ2n) is 4.81. The van der Waals surface area contributed by atoms with Gasteiger partial charge in [0.15, 0.2) is 5.96 Å². The Morgan fingerprint density at radius 3 is 2.89 bits per heavy atom. The second-order valence-corrected chi connectivity index (χ2v) is 4.81. The average molecular weight is 252 g/mol. The maximum absolute atomic E-state index is 11.9. The van der Waals surface area contributed by atoms with Gasteiger partial charge in [-0.2, -0.15) is 0 Å².